The van der Waals surface area contributed by atoms with Crippen molar-refractivity contribution in [2.45, 2.75) is 26.2 Å². The molecule has 0 aliphatic carbocycles. The molecule has 1 aromatic carbocycles. The molecule has 0 fully saturated rings. The van der Waals surface area contributed by atoms with Crippen molar-refractivity contribution in [2.24, 2.45) is 0 Å². The van der Waals surface area contributed by atoms with Gasteiger partial charge in [0.25, 0.3) is 0 Å². The Morgan fingerprint density at radius 2 is 2.03 bits per heavy atom. The summed E-state index contributed by atoms with van der Waals surface area (Å²) in [5.74, 6) is -0.366. The normalized spacial score (nSPS) is 14.3. The predicted molar refractivity (Wildman–Crippen MR) is 112 cm³/mol. The number of pyridine rings is 1. The van der Waals surface area contributed by atoms with E-state index in [-0.39, 0.29) is 22.8 Å². The SMILES string of the molecule is COc1cc(F)c([N+](=O)[O-])cc1Nc1ncnc(N2CC(C)(C)c3cnc(C)cc32)n1. The molecule has 11 heteroatoms. The van der Waals surface area contributed by atoms with Crippen LogP contribution in [0.15, 0.2) is 30.7 Å². The van der Waals surface area contributed by atoms with Gasteiger partial charge in [-0.1, -0.05) is 13.8 Å². The zero-order valence-electron chi connectivity index (χ0n) is 17.4. The molecule has 1 aliphatic heterocycles. The van der Waals surface area contributed by atoms with Crippen molar-refractivity contribution in [1.82, 2.24) is 19.9 Å². The van der Waals surface area contributed by atoms with Crippen LogP contribution in [0, 0.1) is 22.9 Å². The molecule has 3 aromatic rings. The van der Waals surface area contributed by atoms with E-state index in [0.29, 0.717) is 12.5 Å². The summed E-state index contributed by atoms with van der Waals surface area (Å²) < 4.78 is 19.1. The summed E-state index contributed by atoms with van der Waals surface area (Å²) in [5.41, 5.74) is 2.24. The lowest BCUT2D eigenvalue weighted by atomic mass is 9.88. The second kappa shape index (κ2) is 7.42. The van der Waals surface area contributed by atoms with Crippen molar-refractivity contribution in [1.29, 1.82) is 0 Å². The number of methoxy groups -OCH3 is 1. The van der Waals surface area contributed by atoms with Crippen molar-refractivity contribution in [3.05, 3.63) is 57.9 Å². The maximum Gasteiger partial charge on any atom is 0.307 e. The molecule has 2 aromatic heterocycles. The first kappa shape index (κ1) is 20.4. The van der Waals surface area contributed by atoms with Crippen molar-refractivity contribution in [3.8, 4) is 5.75 Å². The average molecular weight is 425 g/mol. The molecule has 0 amide bonds. The van der Waals surface area contributed by atoms with Crippen LogP contribution in [-0.2, 0) is 5.41 Å². The summed E-state index contributed by atoms with van der Waals surface area (Å²) in [7, 11) is 1.34. The Kier molecular flexibility index (Phi) is 4.88. The van der Waals surface area contributed by atoms with Gasteiger partial charge in [0.1, 0.15) is 12.1 Å². The highest BCUT2D eigenvalue weighted by Gasteiger charge is 2.37. The number of nitro groups is 1. The third kappa shape index (κ3) is 3.69. The average Bonchev–Trinajstić information content (AvgIpc) is 2.99. The molecular formula is C20H20FN7O3. The fraction of sp³-hybridized carbons (Fsp3) is 0.300. The van der Waals surface area contributed by atoms with Gasteiger partial charge in [-0.05, 0) is 13.0 Å². The summed E-state index contributed by atoms with van der Waals surface area (Å²) in [6, 6.07) is 3.96. The van der Waals surface area contributed by atoms with Gasteiger partial charge < -0.3 is 15.0 Å². The molecule has 0 spiro atoms. The zero-order valence-corrected chi connectivity index (χ0v) is 17.4. The number of hydrogen-bond donors (Lipinski definition) is 1. The van der Waals surface area contributed by atoms with Crippen molar-refractivity contribution in [3.63, 3.8) is 0 Å². The highest BCUT2D eigenvalue weighted by molar-refractivity contribution is 5.70. The molecule has 1 N–H and O–H groups in total. The maximum atomic E-state index is 13.9. The quantitative estimate of drug-likeness (QED) is 0.481. The number of hydrogen-bond acceptors (Lipinski definition) is 9. The second-order valence-electron chi connectivity index (χ2n) is 7.81. The minimum atomic E-state index is -0.997. The fourth-order valence-corrected chi connectivity index (χ4v) is 3.58. The van der Waals surface area contributed by atoms with Crippen LogP contribution < -0.4 is 15.0 Å². The number of benzene rings is 1. The Balaban J connectivity index is 1.71. The number of anilines is 4. The van der Waals surface area contributed by atoms with E-state index in [2.05, 4.69) is 39.1 Å². The minimum Gasteiger partial charge on any atom is -0.494 e. The number of aryl methyl sites for hydroxylation is 1. The van der Waals surface area contributed by atoms with Crippen molar-refractivity contribution < 1.29 is 14.1 Å². The molecule has 3 heterocycles. The first-order valence-corrected chi connectivity index (χ1v) is 9.42. The van der Waals surface area contributed by atoms with Gasteiger partial charge in [0, 0.05) is 41.5 Å². The molecule has 4 rings (SSSR count). The summed E-state index contributed by atoms with van der Waals surface area (Å²) in [5, 5.41) is 14.0. The second-order valence-corrected chi connectivity index (χ2v) is 7.81. The summed E-state index contributed by atoms with van der Waals surface area (Å²) in [6.45, 7) is 6.79. The molecule has 0 unspecified atom stereocenters. The van der Waals surface area contributed by atoms with Crippen LogP contribution in [0.3, 0.4) is 0 Å². The molecule has 0 atom stereocenters. The Hall–Kier alpha value is -3.89. The molecule has 10 nitrogen and oxygen atoms in total. The number of nitrogens with zero attached hydrogens (tertiary/aromatic N) is 6. The Bertz CT molecular complexity index is 1190. The lowest BCUT2D eigenvalue weighted by Gasteiger charge is -2.20. The Labute approximate surface area is 177 Å². The molecule has 1 aliphatic rings. The van der Waals surface area contributed by atoms with Crippen LogP contribution in [0.4, 0.5) is 33.3 Å². The molecule has 0 saturated carbocycles. The highest BCUT2D eigenvalue weighted by atomic mass is 19.1. The van der Waals surface area contributed by atoms with Gasteiger partial charge in [0.2, 0.25) is 17.7 Å². The lowest BCUT2D eigenvalue weighted by molar-refractivity contribution is -0.387. The van der Waals surface area contributed by atoms with Crippen LogP contribution in [0.5, 0.6) is 5.75 Å². The number of nitro benzene ring substituents is 1. The number of nitrogens with one attached hydrogen (secondary N) is 1. The standard InChI is InChI=1S/C20H20FN7O3/c1-11-5-15-12(8-22-11)20(2,3)9-27(15)19-24-10-23-18(26-19)25-14-7-16(28(29)30)13(21)6-17(14)31-4/h5-8,10H,9H2,1-4H3,(H,23,24,25,26). The van der Waals surface area contributed by atoms with Crippen LogP contribution in [0.1, 0.15) is 25.1 Å². The third-order valence-corrected chi connectivity index (χ3v) is 5.10. The smallest absolute Gasteiger partial charge is 0.307 e. The monoisotopic (exact) mass is 425 g/mol. The van der Waals surface area contributed by atoms with E-state index < -0.39 is 16.4 Å². The Morgan fingerprint density at radius 3 is 2.74 bits per heavy atom. The zero-order chi connectivity index (χ0) is 22.3. The van der Waals surface area contributed by atoms with E-state index in [4.69, 9.17) is 4.74 Å². The van der Waals surface area contributed by atoms with Crippen LogP contribution in [-0.4, -0.2) is 38.5 Å². The topological polar surface area (TPSA) is 119 Å². The molecule has 160 valence electrons. The minimum absolute atomic E-state index is 0.0828. The number of halogens is 1. The molecule has 31 heavy (non-hydrogen) atoms. The van der Waals surface area contributed by atoms with E-state index in [1.165, 1.54) is 13.4 Å². The van der Waals surface area contributed by atoms with Gasteiger partial charge in [-0.2, -0.15) is 9.37 Å². The largest absolute Gasteiger partial charge is 0.494 e. The molecule has 0 bridgehead atoms. The number of aromatic nitrogens is 4. The van der Waals surface area contributed by atoms with Crippen molar-refractivity contribution >= 4 is 29.0 Å². The highest BCUT2D eigenvalue weighted by Crippen LogP contribution is 2.43. The van der Waals surface area contributed by atoms with E-state index in [9.17, 15) is 14.5 Å². The van der Waals surface area contributed by atoms with Crippen LogP contribution in [0.25, 0.3) is 0 Å². The molecule has 0 saturated heterocycles. The molecular weight excluding hydrogens is 405 g/mol. The van der Waals surface area contributed by atoms with Crippen molar-refractivity contribution in [2.75, 3.05) is 23.9 Å². The van der Waals surface area contributed by atoms with Gasteiger partial charge in [-0.15, -0.1) is 0 Å². The lowest BCUT2D eigenvalue weighted by Crippen LogP contribution is -2.26. The van der Waals surface area contributed by atoms with Crippen LogP contribution in [0.2, 0.25) is 0 Å². The van der Waals surface area contributed by atoms with E-state index in [0.717, 1.165) is 29.1 Å². The predicted octanol–water partition coefficient (Wildman–Crippen LogP) is 3.80. The number of rotatable bonds is 5. The van der Waals surface area contributed by atoms with Crippen LogP contribution >= 0.6 is 0 Å². The first-order chi connectivity index (χ1) is 14.7. The van der Waals surface area contributed by atoms with Gasteiger partial charge in [0.05, 0.1) is 23.4 Å². The van der Waals surface area contributed by atoms with E-state index >= 15 is 0 Å². The van der Waals surface area contributed by atoms with E-state index in [1.54, 1.807) is 0 Å². The summed E-state index contributed by atoms with van der Waals surface area (Å²) in [4.78, 5) is 29.5. The maximum absolute atomic E-state index is 13.9. The van der Waals surface area contributed by atoms with Gasteiger partial charge in [0.15, 0.2) is 0 Å². The van der Waals surface area contributed by atoms with Gasteiger partial charge in [-0.3, -0.25) is 15.1 Å². The van der Waals surface area contributed by atoms with E-state index in [1.807, 2.05) is 24.1 Å². The summed E-state index contributed by atoms with van der Waals surface area (Å²) >= 11 is 0. The Morgan fingerprint density at radius 1 is 1.26 bits per heavy atom. The fourth-order valence-electron chi connectivity index (χ4n) is 3.58. The molecule has 0 radical (unpaired) electrons. The third-order valence-electron chi connectivity index (χ3n) is 5.10. The van der Waals surface area contributed by atoms with Gasteiger partial charge >= 0.3 is 5.69 Å². The number of ether oxygens (including phenoxy) is 1. The number of fused-ring (bicyclic) bond motifs is 1. The summed E-state index contributed by atoms with van der Waals surface area (Å²) in [6.07, 6.45) is 3.21. The first-order valence-electron chi connectivity index (χ1n) is 9.42. The van der Waals surface area contributed by atoms with Gasteiger partial charge in [-0.25, -0.2) is 9.97 Å².